The van der Waals surface area contributed by atoms with E-state index in [9.17, 15) is 4.79 Å². The number of rotatable bonds is 8. The first-order valence-electron chi connectivity index (χ1n) is 11.5. The van der Waals surface area contributed by atoms with Crippen molar-refractivity contribution in [2.75, 3.05) is 11.9 Å². The van der Waals surface area contributed by atoms with Crippen LogP contribution in [0.4, 0.5) is 5.69 Å². The number of H-pyrrole nitrogens is 1. The summed E-state index contributed by atoms with van der Waals surface area (Å²) in [4.78, 5) is 12.9. The summed E-state index contributed by atoms with van der Waals surface area (Å²) in [6.07, 6.45) is 1.70. The second-order valence-corrected chi connectivity index (χ2v) is 8.17. The molecule has 1 aliphatic heterocycles. The summed E-state index contributed by atoms with van der Waals surface area (Å²) in [5.41, 5.74) is 3.42. The van der Waals surface area contributed by atoms with Gasteiger partial charge in [-0.05, 0) is 64.4 Å². The minimum absolute atomic E-state index is 0.256. The van der Waals surface area contributed by atoms with Gasteiger partial charge in [-0.15, -0.1) is 5.10 Å². The van der Waals surface area contributed by atoms with Crippen molar-refractivity contribution in [2.45, 2.75) is 32.5 Å². The number of nitrogens with zero attached hydrogens (tertiary/aromatic N) is 3. The Morgan fingerprint density at radius 2 is 1.89 bits per heavy atom. The van der Waals surface area contributed by atoms with Crippen LogP contribution >= 0.6 is 0 Å². The Balaban J connectivity index is 1.21. The van der Waals surface area contributed by atoms with Crippen LogP contribution in [-0.4, -0.2) is 33.1 Å². The summed E-state index contributed by atoms with van der Waals surface area (Å²) in [6.45, 7) is 2.89. The van der Waals surface area contributed by atoms with E-state index in [1.54, 1.807) is 42.5 Å². The van der Waals surface area contributed by atoms with Crippen molar-refractivity contribution >= 4 is 11.6 Å². The highest BCUT2D eigenvalue weighted by Gasteiger charge is 2.28. The summed E-state index contributed by atoms with van der Waals surface area (Å²) in [6, 6.07) is 20.8. The monoisotopic (exact) mass is 471 g/mol. The van der Waals surface area contributed by atoms with Crippen molar-refractivity contribution in [1.82, 2.24) is 20.6 Å². The zero-order valence-corrected chi connectivity index (χ0v) is 19.2. The van der Waals surface area contributed by atoms with Crippen LogP contribution in [0.5, 0.6) is 17.2 Å². The summed E-state index contributed by atoms with van der Waals surface area (Å²) < 4.78 is 17.7. The topological polar surface area (TPSA) is 111 Å². The molecule has 2 heterocycles. The minimum Gasteiger partial charge on any atom is -0.489 e. The molecule has 0 saturated heterocycles. The van der Waals surface area contributed by atoms with Crippen molar-refractivity contribution in [3.05, 3.63) is 89.2 Å². The Morgan fingerprint density at radius 3 is 2.63 bits per heavy atom. The maximum atomic E-state index is 12.9. The van der Waals surface area contributed by atoms with Crippen LogP contribution < -0.4 is 19.5 Å². The molecule has 1 aliphatic rings. The van der Waals surface area contributed by atoms with Gasteiger partial charge in [0.25, 0.3) is 5.91 Å². The average Bonchev–Trinajstić information content (AvgIpc) is 3.44. The lowest BCUT2D eigenvalue weighted by molar-refractivity contribution is 0.0856. The number of amides is 1. The van der Waals surface area contributed by atoms with Gasteiger partial charge in [-0.3, -0.25) is 4.79 Å². The number of nitrogens with one attached hydrogen (secondary N) is 2. The second-order valence-electron chi connectivity index (χ2n) is 8.17. The zero-order chi connectivity index (χ0) is 24.0. The molecular weight excluding hydrogens is 446 g/mol. The molecule has 9 heteroatoms. The van der Waals surface area contributed by atoms with Crippen molar-refractivity contribution < 1.29 is 19.0 Å². The fourth-order valence-corrected chi connectivity index (χ4v) is 3.78. The Hall–Kier alpha value is -4.40. The minimum atomic E-state index is -0.505. The molecule has 9 nitrogen and oxygen atoms in total. The number of carbonyl (C=O) groups excluding carboxylic acids is 1. The standard InChI is InChI=1S/C26H25N5O4/c1-2-4-17-7-9-18(10-8-17)15-33-20-13-11-19(12-14-20)26(32)27-21-5-3-6-22-24(21)35-23(16-34-22)25-28-30-31-29-25/h3,5-14,23H,2,4,15-16H2,1H3,(H,27,32)(H,28,29,30,31). The van der Waals surface area contributed by atoms with Crippen LogP contribution in [-0.2, 0) is 13.0 Å². The fourth-order valence-electron chi connectivity index (χ4n) is 3.78. The Kier molecular flexibility index (Phi) is 6.56. The van der Waals surface area contributed by atoms with E-state index in [4.69, 9.17) is 14.2 Å². The van der Waals surface area contributed by atoms with E-state index in [0.29, 0.717) is 40.9 Å². The highest BCUT2D eigenvalue weighted by Crippen LogP contribution is 2.41. The van der Waals surface area contributed by atoms with E-state index in [0.717, 1.165) is 18.4 Å². The quantitative estimate of drug-likeness (QED) is 0.389. The number of hydrogen-bond donors (Lipinski definition) is 2. The Morgan fingerprint density at radius 1 is 1.09 bits per heavy atom. The molecule has 0 radical (unpaired) electrons. The maximum absolute atomic E-state index is 12.9. The normalized spacial score (nSPS) is 14.4. The van der Waals surface area contributed by atoms with Gasteiger partial charge < -0.3 is 19.5 Å². The van der Waals surface area contributed by atoms with Gasteiger partial charge in [-0.1, -0.05) is 43.7 Å². The summed E-state index contributed by atoms with van der Waals surface area (Å²) >= 11 is 0. The van der Waals surface area contributed by atoms with Crippen molar-refractivity contribution in [2.24, 2.45) is 0 Å². The number of para-hydroxylation sites is 1. The van der Waals surface area contributed by atoms with E-state index in [-0.39, 0.29) is 12.5 Å². The lowest BCUT2D eigenvalue weighted by Gasteiger charge is -2.26. The molecule has 1 amide bonds. The summed E-state index contributed by atoms with van der Waals surface area (Å²) in [5, 5.41) is 16.6. The molecule has 0 aliphatic carbocycles. The van der Waals surface area contributed by atoms with Gasteiger partial charge in [0.1, 0.15) is 19.0 Å². The predicted octanol–water partition coefficient (Wildman–Crippen LogP) is 4.50. The Bertz CT molecular complexity index is 1270. The third kappa shape index (κ3) is 5.24. The highest BCUT2D eigenvalue weighted by molar-refractivity contribution is 6.05. The molecule has 0 saturated carbocycles. The number of carbonyl (C=O) groups is 1. The van der Waals surface area contributed by atoms with Crippen molar-refractivity contribution in [1.29, 1.82) is 0 Å². The number of tetrazole rings is 1. The van der Waals surface area contributed by atoms with Crippen LogP contribution in [0, 0.1) is 0 Å². The maximum Gasteiger partial charge on any atom is 0.255 e. The number of anilines is 1. The summed E-state index contributed by atoms with van der Waals surface area (Å²) in [5.74, 6) is 1.83. The molecule has 1 unspecified atom stereocenters. The van der Waals surface area contributed by atoms with Crippen molar-refractivity contribution in [3.8, 4) is 17.2 Å². The second kappa shape index (κ2) is 10.3. The lowest BCUT2D eigenvalue weighted by atomic mass is 10.1. The molecule has 1 atom stereocenters. The number of aromatic nitrogens is 4. The van der Waals surface area contributed by atoms with Crippen LogP contribution in [0.2, 0.25) is 0 Å². The van der Waals surface area contributed by atoms with Gasteiger partial charge in [0.05, 0.1) is 5.69 Å². The molecule has 0 bridgehead atoms. The van der Waals surface area contributed by atoms with E-state index >= 15 is 0 Å². The van der Waals surface area contributed by atoms with Gasteiger partial charge in [-0.25, -0.2) is 5.10 Å². The molecule has 35 heavy (non-hydrogen) atoms. The summed E-state index contributed by atoms with van der Waals surface area (Å²) in [7, 11) is 0. The van der Waals surface area contributed by atoms with E-state index in [1.807, 2.05) is 0 Å². The molecule has 5 rings (SSSR count). The largest absolute Gasteiger partial charge is 0.489 e. The molecule has 2 N–H and O–H groups in total. The first-order valence-corrected chi connectivity index (χ1v) is 11.5. The SMILES string of the molecule is CCCc1ccc(COc2ccc(C(=O)Nc3cccc4c3OC(c3nnn[nH]3)CO4)cc2)cc1. The van der Waals surface area contributed by atoms with Crippen LogP contribution in [0.25, 0.3) is 0 Å². The molecule has 0 spiro atoms. The van der Waals surface area contributed by atoms with Gasteiger partial charge in [0, 0.05) is 5.56 Å². The van der Waals surface area contributed by atoms with E-state index in [2.05, 4.69) is 57.1 Å². The average molecular weight is 472 g/mol. The van der Waals surface area contributed by atoms with Crippen LogP contribution in [0.1, 0.15) is 46.8 Å². The zero-order valence-electron chi connectivity index (χ0n) is 19.2. The molecular formula is C26H25N5O4. The first-order chi connectivity index (χ1) is 17.2. The van der Waals surface area contributed by atoms with Gasteiger partial charge >= 0.3 is 0 Å². The lowest BCUT2D eigenvalue weighted by Crippen LogP contribution is -2.24. The van der Waals surface area contributed by atoms with Crippen LogP contribution in [0.15, 0.2) is 66.7 Å². The Labute approximate surface area is 202 Å². The molecule has 4 aromatic rings. The molecule has 0 fully saturated rings. The van der Waals surface area contributed by atoms with Gasteiger partial charge in [0.15, 0.2) is 23.4 Å². The number of aryl methyl sites for hydroxylation is 1. The fraction of sp³-hybridized carbons (Fsp3) is 0.231. The molecule has 178 valence electrons. The predicted molar refractivity (Wildman–Crippen MR) is 129 cm³/mol. The van der Waals surface area contributed by atoms with E-state index < -0.39 is 6.10 Å². The molecule has 1 aromatic heterocycles. The number of benzene rings is 3. The third-order valence-electron chi connectivity index (χ3n) is 5.63. The number of fused-ring (bicyclic) bond motifs is 1. The smallest absolute Gasteiger partial charge is 0.255 e. The van der Waals surface area contributed by atoms with Crippen LogP contribution in [0.3, 0.4) is 0 Å². The van der Waals surface area contributed by atoms with Gasteiger partial charge in [0.2, 0.25) is 0 Å². The van der Waals surface area contributed by atoms with E-state index in [1.165, 1.54) is 5.56 Å². The van der Waals surface area contributed by atoms with Crippen molar-refractivity contribution in [3.63, 3.8) is 0 Å². The molecule has 3 aromatic carbocycles. The number of ether oxygens (including phenoxy) is 3. The van der Waals surface area contributed by atoms with Gasteiger partial charge in [-0.2, -0.15) is 0 Å². The first kappa shape index (κ1) is 22.4. The third-order valence-corrected chi connectivity index (χ3v) is 5.63. The number of hydrogen-bond acceptors (Lipinski definition) is 7. The number of aromatic amines is 1. The highest BCUT2D eigenvalue weighted by atomic mass is 16.6.